The standard InChI is InChI=1S/C13H9F3N2O/c14-8-2-4-12(11(17)6-8)18-13(19)7-1-3-9(15)10(16)5-7/h1-6H,17H2,(H,18,19). The maximum absolute atomic E-state index is 13.0. The SMILES string of the molecule is Nc1cc(F)ccc1NC(=O)c1ccc(F)c(F)c1. The molecule has 3 N–H and O–H groups in total. The Labute approximate surface area is 106 Å². The largest absolute Gasteiger partial charge is 0.397 e. The number of rotatable bonds is 2. The molecule has 6 heteroatoms. The third-order valence-electron chi connectivity index (χ3n) is 2.44. The number of nitrogens with one attached hydrogen (secondary N) is 1. The summed E-state index contributed by atoms with van der Waals surface area (Å²) in [7, 11) is 0. The second-order valence-corrected chi connectivity index (χ2v) is 3.81. The Balaban J connectivity index is 2.23. The van der Waals surface area contributed by atoms with Gasteiger partial charge in [0.1, 0.15) is 5.82 Å². The predicted molar refractivity (Wildman–Crippen MR) is 65.1 cm³/mol. The smallest absolute Gasteiger partial charge is 0.255 e. The van der Waals surface area contributed by atoms with Gasteiger partial charge in [-0.2, -0.15) is 0 Å². The lowest BCUT2D eigenvalue weighted by molar-refractivity contribution is 0.102. The first-order valence-corrected chi connectivity index (χ1v) is 5.29. The summed E-state index contributed by atoms with van der Waals surface area (Å²) in [6, 6.07) is 6.19. The number of amides is 1. The van der Waals surface area contributed by atoms with Gasteiger partial charge in [-0.25, -0.2) is 13.2 Å². The van der Waals surface area contributed by atoms with Crippen LogP contribution in [0.1, 0.15) is 10.4 Å². The first-order chi connectivity index (χ1) is 8.97. The van der Waals surface area contributed by atoms with Crippen LogP contribution in [0.15, 0.2) is 36.4 Å². The third kappa shape index (κ3) is 2.85. The van der Waals surface area contributed by atoms with Gasteiger partial charge < -0.3 is 11.1 Å². The summed E-state index contributed by atoms with van der Waals surface area (Å²) in [5.41, 5.74) is 5.67. The monoisotopic (exact) mass is 266 g/mol. The number of carbonyl (C=O) groups is 1. The van der Waals surface area contributed by atoms with Gasteiger partial charge in [0.15, 0.2) is 11.6 Å². The number of nitrogens with two attached hydrogens (primary N) is 1. The van der Waals surface area contributed by atoms with Crippen LogP contribution in [-0.4, -0.2) is 5.91 Å². The molecule has 0 heterocycles. The fraction of sp³-hybridized carbons (Fsp3) is 0. The molecule has 0 fully saturated rings. The second-order valence-electron chi connectivity index (χ2n) is 3.81. The van der Waals surface area contributed by atoms with Crippen molar-refractivity contribution in [3.05, 3.63) is 59.4 Å². The van der Waals surface area contributed by atoms with E-state index >= 15 is 0 Å². The maximum atomic E-state index is 13.0. The van der Waals surface area contributed by atoms with Gasteiger partial charge >= 0.3 is 0 Å². The van der Waals surface area contributed by atoms with Crippen molar-refractivity contribution in [2.45, 2.75) is 0 Å². The van der Waals surface area contributed by atoms with Crippen molar-refractivity contribution in [3.8, 4) is 0 Å². The van der Waals surface area contributed by atoms with Crippen molar-refractivity contribution in [3.63, 3.8) is 0 Å². The molecule has 0 spiro atoms. The number of hydrogen-bond acceptors (Lipinski definition) is 2. The van der Waals surface area contributed by atoms with Crippen LogP contribution < -0.4 is 11.1 Å². The van der Waals surface area contributed by atoms with Crippen molar-refractivity contribution in [1.29, 1.82) is 0 Å². The van der Waals surface area contributed by atoms with E-state index in [0.717, 1.165) is 30.3 Å². The molecule has 0 saturated heterocycles. The van der Waals surface area contributed by atoms with Crippen molar-refractivity contribution in [2.24, 2.45) is 0 Å². The topological polar surface area (TPSA) is 55.1 Å². The molecular formula is C13H9F3N2O. The highest BCUT2D eigenvalue weighted by molar-refractivity contribution is 6.05. The molecule has 0 aliphatic rings. The molecule has 0 aliphatic heterocycles. The van der Waals surface area contributed by atoms with E-state index < -0.39 is 23.4 Å². The fourth-order valence-electron chi connectivity index (χ4n) is 1.48. The molecule has 19 heavy (non-hydrogen) atoms. The average molecular weight is 266 g/mol. The Morgan fingerprint density at radius 3 is 2.37 bits per heavy atom. The summed E-state index contributed by atoms with van der Waals surface area (Å²) in [6.45, 7) is 0. The van der Waals surface area contributed by atoms with Crippen LogP contribution in [-0.2, 0) is 0 Å². The lowest BCUT2D eigenvalue weighted by atomic mass is 10.2. The lowest BCUT2D eigenvalue weighted by Crippen LogP contribution is -2.13. The molecule has 3 nitrogen and oxygen atoms in total. The molecule has 0 unspecified atom stereocenters. The molecule has 1 amide bonds. The Morgan fingerprint density at radius 2 is 1.74 bits per heavy atom. The Morgan fingerprint density at radius 1 is 1.00 bits per heavy atom. The van der Waals surface area contributed by atoms with Gasteiger partial charge in [-0.05, 0) is 36.4 Å². The normalized spacial score (nSPS) is 10.3. The van der Waals surface area contributed by atoms with Crippen LogP contribution in [0.2, 0.25) is 0 Å². The highest BCUT2D eigenvalue weighted by Gasteiger charge is 2.11. The van der Waals surface area contributed by atoms with E-state index in [0.29, 0.717) is 0 Å². The average Bonchev–Trinajstić information content (AvgIpc) is 2.36. The van der Waals surface area contributed by atoms with E-state index in [2.05, 4.69) is 5.32 Å². The minimum Gasteiger partial charge on any atom is -0.397 e. The van der Waals surface area contributed by atoms with Crippen LogP contribution in [0, 0.1) is 17.5 Å². The van der Waals surface area contributed by atoms with E-state index in [9.17, 15) is 18.0 Å². The van der Waals surface area contributed by atoms with Gasteiger partial charge in [0.05, 0.1) is 11.4 Å². The lowest BCUT2D eigenvalue weighted by Gasteiger charge is -2.08. The Kier molecular flexibility index (Phi) is 3.41. The predicted octanol–water partition coefficient (Wildman–Crippen LogP) is 2.94. The van der Waals surface area contributed by atoms with Crippen molar-refractivity contribution in [2.75, 3.05) is 11.1 Å². The number of anilines is 2. The Hall–Kier alpha value is -2.50. The fourth-order valence-corrected chi connectivity index (χ4v) is 1.48. The summed E-state index contributed by atoms with van der Waals surface area (Å²) in [5.74, 6) is -3.38. The molecule has 2 aromatic rings. The number of carbonyl (C=O) groups excluding carboxylic acids is 1. The minimum absolute atomic E-state index is 0.0379. The molecule has 0 aliphatic carbocycles. The minimum atomic E-state index is -1.13. The number of benzene rings is 2. The van der Waals surface area contributed by atoms with Crippen LogP contribution in [0.25, 0.3) is 0 Å². The summed E-state index contributed by atoms with van der Waals surface area (Å²) in [6.07, 6.45) is 0. The molecule has 0 atom stereocenters. The molecule has 98 valence electrons. The summed E-state index contributed by atoms with van der Waals surface area (Å²) < 4.78 is 38.5. The van der Waals surface area contributed by atoms with E-state index in [1.165, 1.54) is 6.07 Å². The number of hydrogen-bond donors (Lipinski definition) is 2. The van der Waals surface area contributed by atoms with Crippen LogP contribution in [0.3, 0.4) is 0 Å². The van der Waals surface area contributed by atoms with E-state index in [1.807, 2.05) is 0 Å². The Bertz CT molecular complexity index is 644. The molecule has 2 aromatic carbocycles. The van der Waals surface area contributed by atoms with Crippen molar-refractivity contribution >= 4 is 17.3 Å². The van der Waals surface area contributed by atoms with E-state index in [-0.39, 0.29) is 16.9 Å². The first kappa shape index (κ1) is 12.9. The van der Waals surface area contributed by atoms with Gasteiger partial charge in [0, 0.05) is 5.56 Å². The van der Waals surface area contributed by atoms with Crippen LogP contribution in [0.5, 0.6) is 0 Å². The second kappa shape index (κ2) is 5.01. The quantitative estimate of drug-likeness (QED) is 0.821. The van der Waals surface area contributed by atoms with Gasteiger partial charge in [0.25, 0.3) is 5.91 Å². The van der Waals surface area contributed by atoms with E-state index in [1.54, 1.807) is 0 Å². The number of nitrogen functional groups attached to an aromatic ring is 1. The van der Waals surface area contributed by atoms with Crippen LogP contribution >= 0.6 is 0 Å². The summed E-state index contributed by atoms with van der Waals surface area (Å²) in [5, 5.41) is 2.38. The summed E-state index contributed by atoms with van der Waals surface area (Å²) in [4.78, 5) is 11.8. The number of halogens is 3. The summed E-state index contributed by atoms with van der Waals surface area (Å²) >= 11 is 0. The molecule has 2 rings (SSSR count). The molecule has 0 bridgehead atoms. The zero-order valence-electron chi connectivity index (χ0n) is 9.58. The van der Waals surface area contributed by atoms with Gasteiger partial charge in [-0.15, -0.1) is 0 Å². The van der Waals surface area contributed by atoms with Crippen molar-refractivity contribution in [1.82, 2.24) is 0 Å². The third-order valence-corrected chi connectivity index (χ3v) is 2.44. The first-order valence-electron chi connectivity index (χ1n) is 5.29. The van der Waals surface area contributed by atoms with Gasteiger partial charge in [0.2, 0.25) is 0 Å². The molecule has 0 saturated carbocycles. The highest BCUT2D eigenvalue weighted by Crippen LogP contribution is 2.20. The van der Waals surface area contributed by atoms with E-state index in [4.69, 9.17) is 5.73 Å². The maximum Gasteiger partial charge on any atom is 0.255 e. The van der Waals surface area contributed by atoms with Gasteiger partial charge in [-0.3, -0.25) is 4.79 Å². The zero-order valence-corrected chi connectivity index (χ0v) is 9.58. The molecule has 0 aromatic heterocycles. The molecule has 0 radical (unpaired) electrons. The van der Waals surface area contributed by atoms with Crippen LogP contribution in [0.4, 0.5) is 24.5 Å². The van der Waals surface area contributed by atoms with Crippen molar-refractivity contribution < 1.29 is 18.0 Å². The zero-order chi connectivity index (χ0) is 14.0. The van der Waals surface area contributed by atoms with Gasteiger partial charge in [-0.1, -0.05) is 0 Å². The molecular weight excluding hydrogens is 257 g/mol. The highest BCUT2D eigenvalue weighted by atomic mass is 19.2.